The van der Waals surface area contributed by atoms with Gasteiger partial charge in [-0.05, 0) is 37.8 Å². The summed E-state index contributed by atoms with van der Waals surface area (Å²) < 4.78 is 5.38. The van der Waals surface area contributed by atoms with E-state index in [9.17, 15) is 4.79 Å². The Balaban J connectivity index is 1.57. The van der Waals surface area contributed by atoms with E-state index in [4.69, 9.17) is 4.42 Å². The molecule has 88 valence electrons. The molecule has 0 saturated heterocycles. The van der Waals surface area contributed by atoms with Gasteiger partial charge in [-0.3, -0.25) is 4.79 Å². The number of hydrogen-bond acceptors (Lipinski definition) is 3. The van der Waals surface area contributed by atoms with E-state index in [2.05, 4.69) is 10.6 Å². The molecular weight excluding hydrogens is 204 g/mol. The van der Waals surface area contributed by atoms with Crippen LogP contribution in [-0.2, 0) is 11.3 Å². The minimum atomic E-state index is 0.0650. The highest BCUT2D eigenvalue weighted by Crippen LogP contribution is 2.27. The third-order valence-corrected chi connectivity index (χ3v) is 2.67. The van der Waals surface area contributed by atoms with Gasteiger partial charge in [-0.1, -0.05) is 0 Å². The molecule has 16 heavy (non-hydrogen) atoms. The third kappa shape index (κ3) is 3.70. The van der Waals surface area contributed by atoms with Crippen LogP contribution in [0.4, 0.5) is 0 Å². The molecule has 1 aromatic rings. The van der Waals surface area contributed by atoms with Gasteiger partial charge in [0.25, 0.3) is 0 Å². The van der Waals surface area contributed by atoms with Crippen molar-refractivity contribution in [1.82, 2.24) is 10.6 Å². The first-order chi connectivity index (χ1) is 7.74. The molecule has 1 heterocycles. The summed E-state index contributed by atoms with van der Waals surface area (Å²) in [6.07, 6.45) is 2.53. The molecule has 0 aliphatic heterocycles. The van der Waals surface area contributed by atoms with E-state index < -0.39 is 0 Å². The zero-order valence-corrected chi connectivity index (χ0v) is 9.58. The molecule has 0 unspecified atom stereocenters. The zero-order chi connectivity index (χ0) is 11.4. The molecule has 0 atom stereocenters. The highest BCUT2D eigenvalue weighted by atomic mass is 16.3. The van der Waals surface area contributed by atoms with Crippen LogP contribution < -0.4 is 10.6 Å². The Hall–Kier alpha value is -1.29. The van der Waals surface area contributed by atoms with Crippen LogP contribution in [0.1, 0.15) is 24.4 Å². The van der Waals surface area contributed by atoms with Crippen molar-refractivity contribution < 1.29 is 9.21 Å². The number of nitrogens with one attached hydrogen (secondary N) is 2. The van der Waals surface area contributed by atoms with Crippen molar-refractivity contribution in [3.63, 3.8) is 0 Å². The highest BCUT2D eigenvalue weighted by Gasteiger charge is 2.21. The lowest BCUT2D eigenvalue weighted by atomic mass is 10.4. The fourth-order valence-corrected chi connectivity index (χ4v) is 1.52. The third-order valence-electron chi connectivity index (χ3n) is 2.67. The van der Waals surface area contributed by atoms with Crippen molar-refractivity contribution >= 4 is 5.91 Å². The first-order valence-electron chi connectivity index (χ1n) is 5.77. The molecule has 1 amide bonds. The van der Waals surface area contributed by atoms with Crippen molar-refractivity contribution in [1.29, 1.82) is 0 Å². The van der Waals surface area contributed by atoms with E-state index in [1.54, 1.807) is 0 Å². The molecule has 4 nitrogen and oxygen atoms in total. The van der Waals surface area contributed by atoms with Crippen molar-refractivity contribution in [3.05, 3.63) is 23.7 Å². The fraction of sp³-hybridized carbons (Fsp3) is 0.583. The Morgan fingerprint density at radius 3 is 2.94 bits per heavy atom. The molecular formula is C12H18N2O2. The van der Waals surface area contributed by atoms with Gasteiger partial charge in [0.15, 0.2) is 0 Å². The van der Waals surface area contributed by atoms with E-state index >= 15 is 0 Å². The lowest BCUT2D eigenvalue weighted by molar-refractivity contribution is -0.120. The molecule has 0 bridgehead atoms. The van der Waals surface area contributed by atoms with Gasteiger partial charge in [0.05, 0.1) is 13.1 Å². The molecule has 4 heteroatoms. The first-order valence-corrected chi connectivity index (χ1v) is 5.77. The number of carbonyl (C=O) groups is 1. The van der Waals surface area contributed by atoms with Gasteiger partial charge in [0, 0.05) is 6.54 Å². The van der Waals surface area contributed by atoms with Gasteiger partial charge in [0.1, 0.15) is 11.5 Å². The Morgan fingerprint density at radius 1 is 1.50 bits per heavy atom. The summed E-state index contributed by atoms with van der Waals surface area (Å²) in [6, 6.07) is 3.84. The maximum Gasteiger partial charge on any atom is 0.233 e. The summed E-state index contributed by atoms with van der Waals surface area (Å²) in [5.74, 6) is 2.56. The van der Waals surface area contributed by atoms with Crippen LogP contribution in [0.25, 0.3) is 0 Å². The van der Waals surface area contributed by atoms with Crippen molar-refractivity contribution in [2.24, 2.45) is 5.92 Å². The SMILES string of the molecule is Cc1ccc(CNCC(=O)NCC2CC2)o1. The van der Waals surface area contributed by atoms with Crippen molar-refractivity contribution in [2.75, 3.05) is 13.1 Å². The number of furan rings is 1. The van der Waals surface area contributed by atoms with Crippen LogP contribution in [0.3, 0.4) is 0 Å². The van der Waals surface area contributed by atoms with Crippen molar-refractivity contribution in [3.8, 4) is 0 Å². The quantitative estimate of drug-likeness (QED) is 0.760. The summed E-state index contributed by atoms with van der Waals surface area (Å²) in [7, 11) is 0. The van der Waals surface area contributed by atoms with E-state index in [1.807, 2.05) is 19.1 Å². The molecule has 1 aliphatic carbocycles. The minimum Gasteiger partial charge on any atom is -0.465 e. The predicted molar refractivity (Wildman–Crippen MR) is 60.9 cm³/mol. The van der Waals surface area contributed by atoms with Crippen LogP contribution in [-0.4, -0.2) is 19.0 Å². The molecule has 1 fully saturated rings. The van der Waals surface area contributed by atoms with Gasteiger partial charge in [-0.25, -0.2) is 0 Å². The van der Waals surface area contributed by atoms with Crippen molar-refractivity contribution in [2.45, 2.75) is 26.3 Å². The summed E-state index contributed by atoms with van der Waals surface area (Å²) in [5.41, 5.74) is 0. The second-order valence-corrected chi connectivity index (χ2v) is 4.36. The molecule has 0 aromatic carbocycles. The Bertz CT molecular complexity index is 356. The van der Waals surface area contributed by atoms with E-state index in [0.29, 0.717) is 13.1 Å². The molecule has 2 N–H and O–H groups in total. The van der Waals surface area contributed by atoms with Gasteiger partial charge in [-0.2, -0.15) is 0 Å². The minimum absolute atomic E-state index is 0.0650. The molecule has 2 rings (SSSR count). The highest BCUT2D eigenvalue weighted by molar-refractivity contribution is 5.77. The molecule has 1 saturated carbocycles. The first kappa shape index (κ1) is 11.2. The summed E-state index contributed by atoms with van der Waals surface area (Å²) in [4.78, 5) is 11.4. The number of hydrogen-bond donors (Lipinski definition) is 2. The lowest BCUT2D eigenvalue weighted by Crippen LogP contribution is -2.34. The monoisotopic (exact) mass is 222 g/mol. The van der Waals surface area contributed by atoms with Gasteiger partial charge in [-0.15, -0.1) is 0 Å². The Labute approximate surface area is 95.4 Å². The molecule has 1 aromatic heterocycles. The smallest absolute Gasteiger partial charge is 0.233 e. The Morgan fingerprint density at radius 2 is 2.31 bits per heavy atom. The number of aryl methyl sites for hydroxylation is 1. The van der Waals surface area contributed by atoms with Crippen LogP contribution in [0.5, 0.6) is 0 Å². The lowest BCUT2D eigenvalue weighted by Gasteiger charge is -2.04. The second kappa shape index (κ2) is 5.16. The van der Waals surface area contributed by atoms with Gasteiger partial charge < -0.3 is 15.1 Å². The topological polar surface area (TPSA) is 54.3 Å². The van der Waals surface area contributed by atoms with Crippen LogP contribution in [0, 0.1) is 12.8 Å². The average molecular weight is 222 g/mol. The van der Waals surface area contributed by atoms with Gasteiger partial charge >= 0.3 is 0 Å². The summed E-state index contributed by atoms with van der Waals surface area (Å²) >= 11 is 0. The molecule has 1 aliphatic rings. The number of carbonyl (C=O) groups excluding carboxylic acids is 1. The fourth-order valence-electron chi connectivity index (χ4n) is 1.52. The number of rotatable bonds is 6. The molecule has 0 radical (unpaired) electrons. The summed E-state index contributed by atoms with van der Waals surface area (Å²) in [5, 5.41) is 5.96. The van der Waals surface area contributed by atoms with Gasteiger partial charge in [0.2, 0.25) is 5.91 Å². The van der Waals surface area contributed by atoms with E-state index in [-0.39, 0.29) is 5.91 Å². The maximum atomic E-state index is 11.4. The van der Waals surface area contributed by atoms with E-state index in [1.165, 1.54) is 12.8 Å². The number of amides is 1. The van der Waals surface area contributed by atoms with Crippen LogP contribution in [0.15, 0.2) is 16.5 Å². The maximum absolute atomic E-state index is 11.4. The van der Waals surface area contributed by atoms with Crippen LogP contribution in [0.2, 0.25) is 0 Å². The summed E-state index contributed by atoms with van der Waals surface area (Å²) in [6.45, 7) is 3.70. The predicted octanol–water partition coefficient (Wildman–Crippen LogP) is 1.20. The van der Waals surface area contributed by atoms with Crippen LogP contribution >= 0.6 is 0 Å². The van der Waals surface area contributed by atoms with E-state index in [0.717, 1.165) is 24.0 Å². The normalized spacial score (nSPS) is 15.1. The largest absolute Gasteiger partial charge is 0.465 e. The average Bonchev–Trinajstić information content (AvgIpc) is 2.99. The standard InChI is InChI=1S/C12H18N2O2/c1-9-2-5-11(16-9)7-13-8-12(15)14-6-10-3-4-10/h2,5,10,13H,3-4,6-8H2,1H3,(H,14,15). The zero-order valence-electron chi connectivity index (χ0n) is 9.58. The molecule has 0 spiro atoms. The second-order valence-electron chi connectivity index (χ2n) is 4.36. The Kier molecular flexibility index (Phi) is 3.62.